The molecule has 108 valence electrons. The van der Waals surface area contributed by atoms with Crippen LogP contribution in [0.15, 0.2) is 22.6 Å². The van der Waals surface area contributed by atoms with E-state index in [-0.39, 0.29) is 5.75 Å². The molecule has 2 aromatic rings. The Morgan fingerprint density at radius 3 is 2.85 bits per heavy atom. The number of nitrogens with one attached hydrogen (secondary N) is 1. The van der Waals surface area contributed by atoms with Gasteiger partial charge in [0.1, 0.15) is 5.75 Å². The topological polar surface area (TPSA) is 71.2 Å². The summed E-state index contributed by atoms with van der Waals surface area (Å²) in [5, 5.41) is 21.1. The van der Waals surface area contributed by atoms with Crippen molar-refractivity contribution >= 4 is 0 Å². The van der Waals surface area contributed by atoms with Gasteiger partial charge >= 0.3 is 0 Å². The molecule has 2 rings (SSSR count). The zero-order valence-corrected chi connectivity index (χ0v) is 12.0. The van der Waals surface area contributed by atoms with Crippen LogP contribution >= 0.6 is 0 Å². The van der Waals surface area contributed by atoms with Gasteiger partial charge in [-0.15, -0.1) is 10.2 Å². The van der Waals surface area contributed by atoms with Crippen molar-refractivity contribution in [3.05, 3.63) is 29.7 Å². The predicted octanol–water partition coefficient (Wildman–Crippen LogP) is 2.68. The molecule has 1 aromatic heterocycles. The van der Waals surface area contributed by atoms with Gasteiger partial charge in [-0.3, -0.25) is 0 Å². The first-order chi connectivity index (χ1) is 9.70. The van der Waals surface area contributed by atoms with Crippen LogP contribution in [-0.4, -0.2) is 28.4 Å². The molecule has 0 amide bonds. The summed E-state index contributed by atoms with van der Waals surface area (Å²) < 4.78 is 5.61. The largest absolute Gasteiger partial charge is 0.508 e. The van der Waals surface area contributed by atoms with E-state index in [1.807, 2.05) is 19.1 Å². The van der Waals surface area contributed by atoms with Crippen molar-refractivity contribution in [3.63, 3.8) is 0 Å². The molecule has 0 saturated heterocycles. The maximum Gasteiger partial charge on any atom is 0.247 e. The van der Waals surface area contributed by atoms with Crippen molar-refractivity contribution in [2.45, 2.75) is 33.1 Å². The molecule has 2 N–H and O–H groups in total. The summed E-state index contributed by atoms with van der Waals surface area (Å²) in [5.74, 6) is 1.33. The van der Waals surface area contributed by atoms with E-state index >= 15 is 0 Å². The molecule has 0 radical (unpaired) electrons. The lowest BCUT2D eigenvalue weighted by Crippen LogP contribution is -2.16. The van der Waals surface area contributed by atoms with Crippen LogP contribution in [0, 0.1) is 6.92 Å². The van der Waals surface area contributed by atoms with E-state index in [2.05, 4.69) is 22.4 Å². The zero-order chi connectivity index (χ0) is 14.4. The minimum absolute atomic E-state index is 0.242. The number of aromatic hydroxyl groups is 1. The fraction of sp³-hybridized carbons (Fsp3) is 0.467. The average Bonchev–Trinajstić information content (AvgIpc) is 2.90. The number of rotatable bonds is 7. The van der Waals surface area contributed by atoms with E-state index in [4.69, 9.17) is 4.42 Å². The third-order valence-electron chi connectivity index (χ3n) is 3.09. The molecule has 0 saturated carbocycles. The summed E-state index contributed by atoms with van der Waals surface area (Å²) in [4.78, 5) is 0. The fourth-order valence-electron chi connectivity index (χ4n) is 1.88. The van der Waals surface area contributed by atoms with E-state index < -0.39 is 0 Å². The second kappa shape index (κ2) is 7.05. The third-order valence-corrected chi connectivity index (χ3v) is 3.09. The van der Waals surface area contributed by atoms with Crippen LogP contribution in [-0.2, 0) is 6.42 Å². The smallest absolute Gasteiger partial charge is 0.247 e. The molecule has 5 heteroatoms. The molecule has 1 heterocycles. The summed E-state index contributed by atoms with van der Waals surface area (Å²) in [6.45, 7) is 5.99. The molecular weight excluding hydrogens is 254 g/mol. The van der Waals surface area contributed by atoms with Gasteiger partial charge in [-0.05, 0) is 50.6 Å². The lowest BCUT2D eigenvalue weighted by molar-refractivity contribution is 0.469. The molecule has 0 atom stereocenters. The number of aromatic nitrogens is 2. The predicted molar refractivity (Wildman–Crippen MR) is 77.6 cm³/mol. The Balaban J connectivity index is 1.93. The molecule has 0 spiro atoms. The second-order valence-corrected chi connectivity index (χ2v) is 4.86. The van der Waals surface area contributed by atoms with Crippen LogP contribution in [0.4, 0.5) is 0 Å². The van der Waals surface area contributed by atoms with Crippen LogP contribution in [0.5, 0.6) is 5.75 Å². The molecule has 20 heavy (non-hydrogen) atoms. The summed E-state index contributed by atoms with van der Waals surface area (Å²) in [7, 11) is 0. The normalized spacial score (nSPS) is 10.9. The first kappa shape index (κ1) is 14.5. The standard InChI is InChI=1S/C15H21N3O2/c1-3-8-16-9-4-5-14-17-18-15(20-14)12-7-6-11(2)13(19)10-12/h6-7,10,16,19H,3-5,8-9H2,1-2H3. The quantitative estimate of drug-likeness (QED) is 0.760. The zero-order valence-electron chi connectivity index (χ0n) is 12.0. The van der Waals surface area contributed by atoms with Crippen molar-refractivity contribution in [1.82, 2.24) is 15.5 Å². The summed E-state index contributed by atoms with van der Waals surface area (Å²) in [6, 6.07) is 5.35. The Kier molecular flexibility index (Phi) is 5.12. The number of hydrogen-bond acceptors (Lipinski definition) is 5. The maximum atomic E-state index is 9.69. The number of benzene rings is 1. The van der Waals surface area contributed by atoms with Gasteiger partial charge < -0.3 is 14.8 Å². The molecule has 0 bridgehead atoms. The van der Waals surface area contributed by atoms with E-state index in [0.717, 1.165) is 43.5 Å². The van der Waals surface area contributed by atoms with Gasteiger partial charge in [-0.1, -0.05) is 13.0 Å². The van der Waals surface area contributed by atoms with E-state index in [1.165, 1.54) is 0 Å². The highest BCUT2D eigenvalue weighted by atomic mass is 16.4. The highest BCUT2D eigenvalue weighted by Crippen LogP contribution is 2.25. The van der Waals surface area contributed by atoms with Crippen molar-refractivity contribution in [1.29, 1.82) is 0 Å². The highest BCUT2D eigenvalue weighted by Gasteiger charge is 2.09. The lowest BCUT2D eigenvalue weighted by atomic mass is 10.1. The second-order valence-electron chi connectivity index (χ2n) is 4.86. The van der Waals surface area contributed by atoms with E-state index in [1.54, 1.807) is 6.07 Å². The lowest BCUT2D eigenvalue weighted by Gasteiger charge is -2.00. The van der Waals surface area contributed by atoms with E-state index in [0.29, 0.717) is 11.8 Å². The van der Waals surface area contributed by atoms with Crippen LogP contribution in [0.3, 0.4) is 0 Å². The Labute approximate surface area is 119 Å². The summed E-state index contributed by atoms with van der Waals surface area (Å²) in [5.41, 5.74) is 1.58. The number of phenols is 1. The average molecular weight is 275 g/mol. The number of aryl methyl sites for hydroxylation is 2. The Bertz CT molecular complexity index is 552. The fourth-order valence-corrected chi connectivity index (χ4v) is 1.88. The van der Waals surface area contributed by atoms with Gasteiger partial charge in [-0.25, -0.2) is 0 Å². The molecule has 0 fully saturated rings. The molecule has 1 aromatic carbocycles. The van der Waals surface area contributed by atoms with Crippen LogP contribution in [0.1, 0.15) is 31.2 Å². The third kappa shape index (κ3) is 3.81. The Morgan fingerprint density at radius 2 is 2.10 bits per heavy atom. The summed E-state index contributed by atoms with van der Waals surface area (Å²) in [6.07, 6.45) is 2.88. The first-order valence-electron chi connectivity index (χ1n) is 7.03. The summed E-state index contributed by atoms with van der Waals surface area (Å²) >= 11 is 0. The number of phenolic OH excluding ortho intramolecular Hbond substituents is 1. The molecule has 0 unspecified atom stereocenters. The van der Waals surface area contributed by atoms with Crippen LogP contribution in [0.2, 0.25) is 0 Å². The molecular formula is C15H21N3O2. The number of nitrogens with zero attached hydrogens (tertiary/aromatic N) is 2. The number of hydrogen-bond donors (Lipinski definition) is 2. The highest BCUT2D eigenvalue weighted by molar-refractivity contribution is 5.57. The monoisotopic (exact) mass is 275 g/mol. The van der Waals surface area contributed by atoms with Crippen molar-refractivity contribution in [2.75, 3.05) is 13.1 Å². The maximum absolute atomic E-state index is 9.69. The SMILES string of the molecule is CCCNCCCc1nnc(-c2ccc(C)c(O)c2)o1. The van der Waals surface area contributed by atoms with Gasteiger partial charge in [-0.2, -0.15) is 0 Å². The minimum Gasteiger partial charge on any atom is -0.508 e. The van der Waals surface area contributed by atoms with Crippen LogP contribution < -0.4 is 5.32 Å². The molecule has 0 aliphatic rings. The van der Waals surface area contributed by atoms with E-state index in [9.17, 15) is 5.11 Å². The van der Waals surface area contributed by atoms with Crippen molar-refractivity contribution in [2.24, 2.45) is 0 Å². The van der Waals surface area contributed by atoms with Gasteiger partial charge in [0.25, 0.3) is 0 Å². The van der Waals surface area contributed by atoms with Gasteiger partial charge in [0.15, 0.2) is 0 Å². The Hall–Kier alpha value is -1.88. The van der Waals surface area contributed by atoms with Crippen molar-refractivity contribution < 1.29 is 9.52 Å². The molecule has 0 aliphatic carbocycles. The van der Waals surface area contributed by atoms with Gasteiger partial charge in [0.05, 0.1) is 0 Å². The van der Waals surface area contributed by atoms with Gasteiger partial charge in [0, 0.05) is 12.0 Å². The van der Waals surface area contributed by atoms with Crippen LogP contribution in [0.25, 0.3) is 11.5 Å². The molecule has 0 aliphatic heterocycles. The Morgan fingerprint density at radius 1 is 1.25 bits per heavy atom. The molecule has 5 nitrogen and oxygen atoms in total. The van der Waals surface area contributed by atoms with Crippen molar-refractivity contribution in [3.8, 4) is 17.2 Å². The first-order valence-corrected chi connectivity index (χ1v) is 7.03. The minimum atomic E-state index is 0.242. The van der Waals surface area contributed by atoms with Gasteiger partial charge in [0.2, 0.25) is 11.8 Å².